The molecule has 310 valence electrons. The van der Waals surface area contributed by atoms with Crippen molar-refractivity contribution in [3.8, 4) is 39.8 Å². The van der Waals surface area contributed by atoms with Crippen LogP contribution in [0.25, 0.3) is 50.1 Å². The Balaban J connectivity index is 0.00000544. The summed E-state index contributed by atoms with van der Waals surface area (Å²) in [5.74, 6) is 3.17. The molecule has 0 aliphatic rings. The van der Waals surface area contributed by atoms with Crippen LogP contribution < -0.4 is 9.30 Å². The fourth-order valence-corrected chi connectivity index (χ4v) is 8.08. The van der Waals surface area contributed by atoms with E-state index in [0.717, 1.165) is 68.7 Å². The molecular formula is C54H56N4OPt-2. The first-order chi connectivity index (χ1) is 28.1. The number of benzene rings is 5. The molecule has 0 fully saturated rings. The molecule has 0 aliphatic carbocycles. The van der Waals surface area contributed by atoms with Gasteiger partial charge in [0.25, 0.3) is 6.33 Å². The monoisotopic (exact) mass is 971 g/mol. The Hall–Kier alpha value is -5.25. The van der Waals surface area contributed by atoms with Crippen LogP contribution in [-0.4, -0.2) is 14.1 Å². The van der Waals surface area contributed by atoms with Gasteiger partial charge in [-0.2, -0.15) is 12.1 Å². The van der Waals surface area contributed by atoms with Gasteiger partial charge in [-0.25, -0.2) is 4.98 Å². The van der Waals surface area contributed by atoms with Crippen molar-refractivity contribution in [1.82, 2.24) is 14.1 Å². The Bertz CT molecular complexity index is 2750. The first-order valence-corrected chi connectivity index (χ1v) is 21.0. The summed E-state index contributed by atoms with van der Waals surface area (Å²) in [5.41, 5.74) is 11.0. The molecule has 0 amide bonds. The minimum absolute atomic E-state index is 0. The van der Waals surface area contributed by atoms with Crippen molar-refractivity contribution < 1.29 is 30.4 Å². The van der Waals surface area contributed by atoms with Gasteiger partial charge in [0, 0.05) is 50.5 Å². The predicted octanol–water partition coefficient (Wildman–Crippen LogP) is 13.1. The maximum atomic E-state index is 6.79. The SMILES string of the molecule is CC(C)Cc1cc(CC(C)C)cc(-[n+]2[c-]n(-c3[c-]c(Oc4[c-]c5c(cc4)c4ccccc4n5-c4cc(C(C)(C)C)ccn4)cc(-c4ccccc4)c3)cc2C(C)(C)C)c1.[Pt]. The standard InChI is InChI=1S/C54H56N4O.Pt/c1-36(2)24-38-26-39(25-37(3)4)28-44(27-38)57-35-56(34-51(57)54(8,9)10)43-29-41(40-16-12-11-13-17-40)30-46(32-43)59-45-20-21-48-47-18-14-15-19-49(47)58(50(48)33-45)52-31-42(22-23-55-52)53(5,6)7;/h11-23,26-31,34,36-37H,24-25H2,1-10H3;/q-2;. The number of fused-ring (bicyclic) bond motifs is 3. The molecule has 0 aliphatic heterocycles. The molecule has 8 rings (SSSR count). The Morgan fingerprint density at radius 3 is 2.02 bits per heavy atom. The zero-order chi connectivity index (χ0) is 41.6. The molecule has 0 radical (unpaired) electrons. The van der Waals surface area contributed by atoms with Gasteiger partial charge in [0.15, 0.2) is 0 Å². The van der Waals surface area contributed by atoms with Crippen LogP contribution in [0.3, 0.4) is 0 Å². The van der Waals surface area contributed by atoms with E-state index < -0.39 is 0 Å². The molecule has 6 heteroatoms. The Morgan fingerprint density at radius 1 is 0.667 bits per heavy atom. The molecule has 0 spiro atoms. The van der Waals surface area contributed by atoms with Gasteiger partial charge in [-0.3, -0.25) is 4.57 Å². The number of pyridine rings is 1. The minimum atomic E-state index is -0.158. The molecule has 0 saturated heterocycles. The van der Waals surface area contributed by atoms with E-state index >= 15 is 0 Å². The van der Waals surface area contributed by atoms with E-state index in [1.54, 1.807) is 0 Å². The van der Waals surface area contributed by atoms with Gasteiger partial charge >= 0.3 is 0 Å². The molecule has 0 saturated carbocycles. The van der Waals surface area contributed by atoms with Crippen molar-refractivity contribution in [1.29, 1.82) is 0 Å². The van der Waals surface area contributed by atoms with E-state index in [2.05, 4.69) is 205 Å². The summed E-state index contributed by atoms with van der Waals surface area (Å²) in [6, 6.07) is 46.0. The zero-order valence-electron chi connectivity index (χ0n) is 36.6. The molecule has 5 nitrogen and oxygen atoms in total. The second-order valence-corrected chi connectivity index (χ2v) is 19.0. The maximum absolute atomic E-state index is 6.79. The van der Waals surface area contributed by atoms with Crippen LogP contribution in [0, 0.1) is 30.3 Å². The van der Waals surface area contributed by atoms with Gasteiger partial charge < -0.3 is 13.9 Å². The second-order valence-electron chi connectivity index (χ2n) is 19.0. The predicted molar refractivity (Wildman–Crippen MR) is 242 cm³/mol. The fourth-order valence-electron chi connectivity index (χ4n) is 8.08. The van der Waals surface area contributed by atoms with E-state index in [0.29, 0.717) is 23.3 Å². The zero-order valence-corrected chi connectivity index (χ0v) is 38.9. The van der Waals surface area contributed by atoms with Gasteiger partial charge in [-0.1, -0.05) is 140 Å². The Morgan fingerprint density at radius 2 is 1.35 bits per heavy atom. The summed E-state index contributed by atoms with van der Waals surface area (Å²) in [6.07, 6.45) is 9.93. The van der Waals surface area contributed by atoms with Gasteiger partial charge in [0.2, 0.25) is 0 Å². The topological polar surface area (TPSA) is 35.9 Å². The average molecular weight is 972 g/mol. The number of hydrogen-bond acceptors (Lipinski definition) is 2. The number of rotatable bonds is 10. The van der Waals surface area contributed by atoms with E-state index in [1.165, 1.54) is 16.7 Å². The maximum Gasteiger partial charge on any atom is 0.267 e. The molecule has 5 aromatic carbocycles. The van der Waals surface area contributed by atoms with Crippen LogP contribution in [-0.2, 0) is 44.7 Å². The summed E-state index contributed by atoms with van der Waals surface area (Å²) in [4.78, 5) is 4.87. The van der Waals surface area contributed by atoms with Crippen molar-refractivity contribution in [2.75, 3.05) is 0 Å². The van der Waals surface area contributed by atoms with Crippen LogP contribution in [0.15, 0.2) is 122 Å². The van der Waals surface area contributed by atoms with Gasteiger partial charge in [0.1, 0.15) is 5.82 Å². The summed E-state index contributed by atoms with van der Waals surface area (Å²) < 4.78 is 13.3. The summed E-state index contributed by atoms with van der Waals surface area (Å²) in [5, 5.41) is 2.24. The van der Waals surface area contributed by atoms with Crippen LogP contribution in [0.2, 0.25) is 0 Å². The normalized spacial score (nSPS) is 12.1. The summed E-state index contributed by atoms with van der Waals surface area (Å²) in [6.45, 7) is 22.7. The van der Waals surface area contributed by atoms with Crippen molar-refractivity contribution in [3.63, 3.8) is 0 Å². The van der Waals surface area contributed by atoms with Crippen molar-refractivity contribution in [3.05, 3.63) is 162 Å². The number of para-hydroxylation sites is 1. The average Bonchev–Trinajstić information content (AvgIpc) is 3.78. The van der Waals surface area contributed by atoms with E-state index in [-0.39, 0.29) is 31.9 Å². The van der Waals surface area contributed by atoms with E-state index in [4.69, 9.17) is 9.72 Å². The Kier molecular flexibility index (Phi) is 12.2. The van der Waals surface area contributed by atoms with Crippen molar-refractivity contribution in [2.45, 2.75) is 92.9 Å². The van der Waals surface area contributed by atoms with Crippen molar-refractivity contribution in [2.24, 2.45) is 11.8 Å². The molecule has 0 N–H and O–H groups in total. The molecular weight excluding hydrogens is 916 g/mol. The number of imidazole rings is 1. The summed E-state index contributed by atoms with van der Waals surface area (Å²) in [7, 11) is 0. The molecule has 3 aromatic heterocycles. The van der Waals surface area contributed by atoms with Crippen LogP contribution >= 0.6 is 0 Å². The summed E-state index contributed by atoms with van der Waals surface area (Å²) >= 11 is 0. The minimum Gasteiger partial charge on any atom is -0.510 e. The molecule has 8 aromatic rings. The molecule has 0 atom stereocenters. The molecule has 60 heavy (non-hydrogen) atoms. The van der Waals surface area contributed by atoms with E-state index in [9.17, 15) is 0 Å². The number of ether oxygens (including phenoxy) is 1. The van der Waals surface area contributed by atoms with Gasteiger partial charge in [-0.15, -0.1) is 35.2 Å². The fraction of sp³-hybridized carbons (Fsp3) is 0.296. The van der Waals surface area contributed by atoms with Crippen molar-refractivity contribution >= 4 is 21.8 Å². The van der Waals surface area contributed by atoms with Gasteiger partial charge in [0.05, 0.1) is 11.4 Å². The number of aromatic nitrogens is 4. The third kappa shape index (κ3) is 9.08. The smallest absolute Gasteiger partial charge is 0.267 e. The molecule has 3 heterocycles. The van der Waals surface area contributed by atoms with Gasteiger partial charge in [-0.05, 0) is 88.0 Å². The first-order valence-electron chi connectivity index (χ1n) is 21.0. The second kappa shape index (κ2) is 17.0. The van der Waals surface area contributed by atoms with Crippen LogP contribution in [0.4, 0.5) is 0 Å². The number of nitrogens with zero attached hydrogens (tertiary/aromatic N) is 4. The van der Waals surface area contributed by atoms with Crippen LogP contribution in [0.1, 0.15) is 91.6 Å². The number of hydrogen-bond donors (Lipinski definition) is 0. The van der Waals surface area contributed by atoms with E-state index in [1.807, 2.05) is 18.3 Å². The quantitative estimate of drug-likeness (QED) is 0.101. The van der Waals surface area contributed by atoms with Crippen LogP contribution in [0.5, 0.6) is 11.5 Å². The first kappa shape index (κ1) is 42.9. The molecule has 0 bridgehead atoms. The third-order valence-electron chi connectivity index (χ3n) is 10.9. The Labute approximate surface area is 371 Å². The molecule has 0 unspecified atom stereocenters. The third-order valence-corrected chi connectivity index (χ3v) is 10.9. The largest absolute Gasteiger partial charge is 0.510 e.